The third-order valence-corrected chi connectivity index (χ3v) is 2.64. The van der Waals surface area contributed by atoms with Crippen molar-refractivity contribution >= 4 is 16.7 Å². The van der Waals surface area contributed by atoms with Gasteiger partial charge < -0.3 is 10.7 Å². The molecule has 2 aromatic rings. The molecule has 0 saturated carbocycles. The van der Waals surface area contributed by atoms with Gasteiger partial charge in [0.05, 0.1) is 6.04 Å². The number of hydrogen-bond donors (Lipinski definition) is 2. The van der Waals surface area contributed by atoms with Gasteiger partial charge in [-0.3, -0.25) is 4.79 Å². The molecule has 0 saturated heterocycles. The van der Waals surface area contributed by atoms with Crippen LogP contribution in [0.3, 0.4) is 0 Å². The van der Waals surface area contributed by atoms with Gasteiger partial charge in [-0.1, -0.05) is 18.2 Å². The lowest BCUT2D eigenvalue weighted by Crippen LogP contribution is -2.30. The molecule has 0 aliphatic rings. The summed E-state index contributed by atoms with van der Waals surface area (Å²) in [7, 11) is 0. The zero-order valence-electron chi connectivity index (χ0n) is 8.66. The highest BCUT2D eigenvalue weighted by Crippen LogP contribution is 2.18. The van der Waals surface area contributed by atoms with Crippen molar-refractivity contribution in [1.29, 1.82) is 0 Å². The van der Waals surface area contributed by atoms with E-state index in [2.05, 4.69) is 4.98 Å². The van der Waals surface area contributed by atoms with Gasteiger partial charge in [-0.25, -0.2) is 0 Å². The molecule has 78 valence electrons. The smallest absolute Gasteiger partial charge is 0.146 e. The minimum atomic E-state index is -0.399. The Kier molecular flexibility index (Phi) is 2.56. The second-order valence-corrected chi connectivity index (χ2v) is 3.78. The van der Waals surface area contributed by atoms with E-state index in [1.165, 1.54) is 6.92 Å². The first-order valence-corrected chi connectivity index (χ1v) is 4.99. The number of nitrogens with one attached hydrogen (secondary N) is 1. The third kappa shape index (κ3) is 1.92. The number of benzene rings is 1. The normalized spacial score (nSPS) is 12.9. The number of rotatable bonds is 3. The number of carbonyl (C=O) groups excluding carboxylic acids is 1. The molecule has 0 aliphatic carbocycles. The maximum atomic E-state index is 11.1. The summed E-state index contributed by atoms with van der Waals surface area (Å²) in [6.45, 7) is 1.53. The van der Waals surface area contributed by atoms with Crippen LogP contribution >= 0.6 is 0 Å². The van der Waals surface area contributed by atoms with Crippen LogP contribution in [0.25, 0.3) is 10.9 Å². The fraction of sp³-hybridized carbons (Fsp3) is 0.250. The van der Waals surface area contributed by atoms with Gasteiger partial charge in [-0.2, -0.15) is 0 Å². The van der Waals surface area contributed by atoms with E-state index in [-0.39, 0.29) is 5.78 Å². The standard InChI is InChI=1S/C12H14N2O/c1-8(15)11(13)6-9-7-14-12-5-3-2-4-10(9)12/h2-5,7,11,14H,6,13H2,1H3/t11-/m0/s1. The molecule has 0 radical (unpaired) electrons. The van der Waals surface area contributed by atoms with Crippen molar-refractivity contribution in [1.82, 2.24) is 4.98 Å². The van der Waals surface area contributed by atoms with E-state index in [4.69, 9.17) is 5.73 Å². The van der Waals surface area contributed by atoms with Gasteiger partial charge in [0, 0.05) is 17.1 Å². The Morgan fingerprint density at radius 1 is 1.47 bits per heavy atom. The van der Waals surface area contributed by atoms with Crippen molar-refractivity contribution in [3.63, 3.8) is 0 Å². The molecule has 0 aliphatic heterocycles. The molecule has 0 bridgehead atoms. The van der Waals surface area contributed by atoms with Crippen LogP contribution in [0.2, 0.25) is 0 Å². The molecule has 0 amide bonds. The summed E-state index contributed by atoms with van der Waals surface area (Å²) in [5.41, 5.74) is 7.93. The molecule has 1 aromatic heterocycles. The van der Waals surface area contributed by atoms with Gasteiger partial charge in [0.15, 0.2) is 0 Å². The molecule has 2 rings (SSSR count). The largest absolute Gasteiger partial charge is 0.361 e. The van der Waals surface area contributed by atoms with E-state index in [0.717, 1.165) is 16.5 Å². The van der Waals surface area contributed by atoms with Gasteiger partial charge in [0.2, 0.25) is 0 Å². The molecule has 3 N–H and O–H groups in total. The van der Waals surface area contributed by atoms with Crippen molar-refractivity contribution in [3.05, 3.63) is 36.0 Å². The van der Waals surface area contributed by atoms with Crippen LogP contribution < -0.4 is 5.73 Å². The molecule has 0 spiro atoms. The summed E-state index contributed by atoms with van der Waals surface area (Å²) in [5, 5.41) is 1.15. The lowest BCUT2D eigenvalue weighted by atomic mass is 10.0. The molecule has 15 heavy (non-hydrogen) atoms. The number of carbonyl (C=O) groups is 1. The molecule has 3 heteroatoms. The monoisotopic (exact) mass is 202 g/mol. The minimum Gasteiger partial charge on any atom is -0.361 e. The number of nitrogens with two attached hydrogens (primary N) is 1. The summed E-state index contributed by atoms with van der Waals surface area (Å²) >= 11 is 0. The van der Waals surface area contributed by atoms with E-state index < -0.39 is 6.04 Å². The van der Waals surface area contributed by atoms with Gasteiger partial charge in [0.1, 0.15) is 5.78 Å². The quantitative estimate of drug-likeness (QED) is 0.794. The summed E-state index contributed by atoms with van der Waals surface area (Å²) in [6, 6.07) is 7.61. The number of para-hydroxylation sites is 1. The molecule has 0 fully saturated rings. The number of ketones is 1. The van der Waals surface area contributed by atoms with E-state index in [9.17, 15) is 4.79 Å². The molecular formula is C12H14N2O. The van der Waals surface area contributed by atoms with Gasteiger partial charge in [0.25, 0.3) is 0 Å². The van der Waals surface area contributed by atoms with Crippen LogP contribution in [0.4, 0.5) is 0 Å². The summed E-state index contributed by atoms with van der Waals surface area (Å²) < 4.78 is 0. The number of aromatic nitrogens is 1. The summed E-state index contributed by atoms with van der Waals surface area (Å²) in [5.74, 6) is 0.0280. The number of aromatic amines is 1. The second-order valence-electron chi connectivity index (χ2n) is 3.78. The van der Waals surface area contributed by atoms with Crippen LogP contribution in [-0.2, 0) is 11.2 Å². The van der Waals surface area contributed by atoms with E-state index in [0.29, 0.717) is 6.42 Å². The van der Waals surface area contributed by atoms with Gasteiger partial charge in [-0.15, -0.1) is 0 Å². The predicted octanol–water partition coefficient (Wildman–Crippen LogP) is 1.63. The maximum absolute atomic E-state index is 11.1. The number of fused-ring (bicyclic) bond motifs is 1. The minimum absolute atomic E-state index is 0.0280. The van der Waals surface area contributed by atoms with Crippen molar-refractivity contribution in [2.45, 2.75) is 19.4 Å². The Bertz CT molecular complexity index is 487. The Morgan fingerprint density at radius 3 is 2.93 bits per heavy atom. The zero-order chi connectivity index (χ0) is 10.8. The Labute approximate surface area is 88.3 Å². The number of hydrogen-bond acceptors (Lipinski definition) is 2. The Morgan fingerprint density at radius 2 is 2.20 bits per heavy atom. The van der Waals surface area contributed by atoms with Crippen molar-refractivity contribution < 1.29 is 4.79 Å². The molecular weight excluding hydrogens is 188 g/mol. The molecule has 1 aromatic carbocycles. The van der Waals surface area contributed by atoms with Crippen molar-refractivity contribution in [2.75, 3.05) is 0 Å². The topological polar surface area (TPSA) is 58.9 Å². The lowest BCUT2D eigenvalue weighted by Gasteiger charge is -2.05. The second kappa shape index (κ2) is 3.87. The Hall–Kier alpha value is -1.61. The highest BCUT2D eigenvalue weighted by molar-refractivity contribution is 5.85. The third-order valence-electron chi connectivity index (χ3n) is 2.64. The first-order valence-electron chi connectivity index (χ1n) is 4.99. The van der Waals surface area contributed by atoms with Gasteiger partial charge >= 0.3 is 0 Å². The van der Waals surface area contributed by atoms with E-state index in [1.807, 2.05) is 30.5 Å². The Balaban J connectivity index is 2.32. The van der Waals surface area contributed by atoms with E-state index in [1.54, 1.807) is 0 Å². The first kappa shape index (κ1) is 9.93. The first-order chi connectivity index (χ1) is 7.18. The highest BCUT2D eigenvalue weighted by Gasteiger charge is 2.11. The van der Waals surface area contributed by atoms with Crippen LogP contribution in [0.1, 0.15) is 12.5 Å². The molecule has 0 unspecified atom stereocenters. The average molecular weight is 202 g/mol. The maximum Gasteiger partial charge on any atom is 0.146 e. The lowest BCUT2D eigenvalue weighted by molar-refractivity contribution is -0.118. The summed E-state index contributed by atoms with van der Waals surface area (Å²) in [6.07, 6.45) is 2.52. The summed E-state index contributed by atoms with van der Waals surface area (Å²) in [4.78, 5) is 14.2. The molecule has 1 heterocycles. The zero-order valence-corrected chi connectivity index (χ0v) is 8.66. The molecule has 3 nitrogen and oxygen atoms in total. The highest BCUT2D eigenvalue weighted by atomic mass is 16.1. The van der Waals surface area contributed by atoms with Crippen LogP contribution in [-0.4, -0.2) is 16.8 Å². The van der Waals surface area contributed by atoms with Crippen LogP contribution in [0, 0.1) is 0 Å². The molecule has 1 atom stereocenters. The van der Waals surface area contributed by atoms with Crippen molar-refractivity contribution in [2.24, 2.45) is 5.73 Å². The fourth-order valence-electron chi connectivity index (χ4n) is 1.68. The number of Topliss-reactive ketones (excluding diaryl/α,β-unsaturated/α-hetero) is 1. The van der Waals surface area contributed by atoms with Crippen LogP contribution in [0.15, 0.2) is 30.5 Å². The average Bonchev–Trinajstić information content (AvgIpc) is 2.62. The van der Waals surface area contributed by atoms with Crippen molar-refractivity contribution in [3.8, 4) is 0 Å². The van der Waals surface area contributed by atoms with Gasteiger partial charge in [-0.05, 0) is 25.0 Å². The SMILES string of the molecule is CC(=O)[C@@H](N)Cc1c[nH]c2ccccc12. The number of H-pyrrole nitrogens is 1. The fourth-order valence-corrected chi connectivity index (χ4v) is 1.68. The predicted molar refractivity (Wildman–Crippen MR) is 60.7 cm³/mol. The van der Waals surface area contributed by atoms with Crippen LogP contribution in [0.5, 0.6) is 0 Å². The van der Waals surface area contributed by atoms with E-state index >= 15 is 0 Å².